The third-order valence-electron chi connectivity index (χ3n) is 6.65. The molecule has 4 saturated carbocycles. The maximum absolute atomic E-state index is 15.5. The van der Waals surface area contributed by atoms with Gasteiger partial charge in [-0.2, -0.15) is 52.7 Å². The molecule has 0 heterocycles. The number of alkyl halides is 14. The maximum atomic E-state index is 15.5. The Kier molecular flexibility index (Phi) is 5.90. The average molecular weight is 568 g/mol. The Morgan fingerprint density at radius 3 is 0.917 bits per heavy atom. The number of ether oxygens (including phenoxy) is 2. The van der Waals surface area contributed by atoms with Gasteiger partial charge in [0, 0.05) is 0 Å². The number of hydrogen-bond acceptors (Lipinski definition) is 6. The predicted octanol–water partition coefficient (Wildman–Crippen LogP) is 1.47. The molecule has 0 spiro atoms. The minimum atomic E-state index is -7.85. The molecule has 2 atom stereocenters. The summed E-state index contributed by atoms with van der Waals surface area (Å²) in [7, 11) is 0. The fourth-order valence-corrected chi connectivity index (χ4v) is 4.91. The van der Waals surface area contributed by atoms with Crippen LogP contribution in [-0.2, 0) is 9.47 Å². The van der Waals surface area contributed by atoms with Gasteiger partial charge in [0.25, 0.3) is 11.2 Å². The Balaban J connectivity index is 2.57. The molecular weight excluding hydrogens is 554 g/mol. The van der Waals surface area contributed by atoms with Crippen LogP contribution in [0.15, 0.2) is 0 Å². The van der Waals surface area contributed by atoms with Crippen LogP contribution >= 0.6 is 0 Å². The van der Waals surface area contributed by atoms with E-state index < -0.39 is 96.7 Å². The van der Waals surface area contributed by atoms with Crippen LogP contribution in [-0.4, -0.2) is 117 Å². The van der Waals surface area contributed by atoms with E-state index in [0.717, 1.165) is 0 Å². The van der Waals surface area contributed by atoms with E-state index in [-0.39, 0.29) is 0 Å². The Labute approximate surface area is 189 Å². The third kappa shape index (κ3) is 2.20. The lowest BCUT2D eigenvalue weighted by Crippen LogP contribution is -3.11. The van der Waals surface area contributed by atoms with Crippen molar-refractivity contribution in [2.45, 2.75) is 70.3 Å². The zero-order valence-corrected chi connectivity index (χ0v) is 16.9. The quantitative estimate of drug-likeness (QED) is 0.332. The molecule has 4 aliphatic rings. The highest BCUT2D eigenvalue weighted by Crippen LogP contribution is 2.88. The summed E-state index contributed by atoms with van der Waals surface area (Å²) in [6.45, 7) is -8.43. The molecule has 0 radical (unpaired) electrons. The highest BCUT2D eigenvalue weighted by atomic mass is 19.3. The van der Waals surface area contributed by atoms with Gasteiger partial charge in [-0.25, -0.2) is 8.78 Å². The van der Waals surface area contributed by atoms with Crippen molar-refractivity contribution in [2.24, 2.45) is 0 Å². The van der Waals surface area contributed by atoms with Crippen LogP contribution in [0.25, 0.3) is 0 Å². The summed E-state index contributed by atoms with van der Waals surface area (Å²) in [4.78, 5) is 0. The number of aliphatic hydroxyl groups is 4. The molecule has 0 aliphatic heterocycles. The fourth-order valence-electron chi connectivity index (χ4n) is 4.91. The van der Waals surface area contributed by atoms with Gasteiger partial charge in [-0.15, -0.1) is 0 Å². The van der Waals surface area contributed by atoms with Gasteiger partial charge >= 0.3 is 46.9 Å². The molecule has 36 heavy (non-hydrogen) atoms. The van der Waals surface area contributed by atoms with Gasteiger partial charge in [-0.05, 0) is 0 Å². The monoisotopic (exact) mass is 568 g/mol. The van der Waals surface area contributed by atoms with E-state index in [1.54, 1.807) is 0 Å². The van der Waals surface area contributed by atoms with Gasteiger partial charge in [-0.3, -0.25) is 0 Å². The van der Waals surface area contributed by atoms with Crippen LogP contribution in [0, 0.1) is 0 Å². The van der Waals surface area contributed by atoms with E-state index in [1.165, 1.54) is 0 Å². The molecule has 4 fully saturated rings. The van der Waals surface area contributed by atoms with Gasteiger partial charge in [-0.1, -0.05) is 0 Å². The SMILES string of the molecule is OCC(O)COC12C(F)(F)C3(F)C(F)(F)C(F)(C1(F)F)C(F)(F)C(OCC(O)CO)(C3(F)F)C2(F)F. The predicted molar refractivity (Wildman–Crippen MR) is 80.9 cm³/mol. The van der Waals surface area contributed by atoms with E-state index in [1.807, 2.05) is 0 Å². The summed E-state index contributed by atoms with van der Waals surface area (Å²) in [5, 5.41) is 35.6. The number of aliphatic hydroxyl groups excluding tert-OH is 4. The first-order valence-electron chi connectivity index (χ1n) is 9.41. The second-order valence-electron chi connectivity index (χ2n) is 8.42. The molecule has 0 aromatic heterocycles. The number of rotatable bonds is 8. The van der Waals surface area contributed by atoms with Crippen molar-refractivity contribution in [2.75, 3.05) is 26.4 Å². The number of hydrogen-bond donors (Lipinski definition) is 4. The second kappa shape index (κ2) is 7.25. The summed E-state index contributed by atoms with van der Waals surface area (Å²) >= 11 is 0. The molecule has 2 unspecified atom stereocenters. The van der Waals surface area contributed by atoms with Crippen molar-refractivity contribution in [3.63, 3.8) is 0 Å². The minimum absolute atomic E-state index is 1.73. The molecule has 4 aliphatic carbocycles. The minimum Gasteiger partial charge on any atom is -0.394 e. The second-order valence-corrected chi connectivity index (χ2v) is 8.42. The smallest absolute Gasteiger partial charge is 0.339 e. The Morgan fingerprint density at radius 2 is 0.694 bits per heavy atom. The van der Waals surface area contributed by atoms with Crippen LogP contribution in [0.2, 0.25) is 0 Å². The van der Waals surface area contributed by atoms with Gasteiger partial charge < -0.3 is 29.9 Å². The lowest BCUT2D eigenvalue weighted by atomic mass is 9.39. The largest absolute Gasteiger partial charge is 0.394 e. The van der Waals surface area contributed by atoms with Crippen molar-refractivity contribution >= 4 is 0 Å². The van der Waals surface area contributed by atoms with Gasteiger partial charge in [0.05, 0.1) is 26.4 Å². The standard InChI is InChI=1S/C16H14F14O6/c17-7-11(19,20)8(18)13(23,24)9(12(7,21)22,35-3-5(33)1-31)16(29,30)10(14(7,25)26,15(8,27)28)36-4-6(34)2-32/h5-6,31-34H,1-4H2. The van der Waals surface area contributed by atoms with Crippen molar-refractivity contribution in [1.29, 1.82) is 0 Å². The van der Waals surface area contributed by atoms with Crippen molar-refractivity contribution in [3.05, 3.63) is 0 Å². The van der Waals surface area contributed by atoms with Crippen LogP contribution < -0.4 is 0 Å². The molecular formula is C16H14F14O6. The first-order valence-corrected chi connectivity index (χ1v) is 9.41. The number of halogens is 14. The van der Waals surface area contributed by atoms with Crippen LogP contribution in [0.3, 0.4) is 0 Å². The summed E-state index contributed by atoms with van der Waals surface area (Å²) in [6, 6.07) is 0. The maximum Gasteiger partial charge on any atom is 0.339 e. The molecule has 4 bridgehead atoms. The average Bonchev–Trinajstić information content (AvgIpc) is 2.74. The Hall–Kier alpha value is -1.22. The highest BCUT2D eigenvalue weighted by molar-refractivity contribution is 5.54. The molecule has 212 valence electrons. The van der Waals surface area contributed by atoms with Crippen LogP contribution in [0.4, 0.5) is 61.5 Å². The molecule has 4 N–H and O–H groups in total. The zero-order chi connectivity index (χ0) is 28.4. The van der Waals surface area contributed by atoms with E-state index in [4.69, 9.17) is 20.4 Å². The van der Waals surface area contributed by atoms with Gasteiger partial charge in [0.2, 0.25) is 0 Å². The third-order valence-corrected chi connectivity index (χ3v) is 6.65. The zero-order valence-electron chi connectivity index (χ0n) is 16.9. The molecule has 4 rings (SSSR count). The van der Waals surface area contributed by atoms with E-state index in [0.29, 0.717) is 0 Å². The summed E-state index contributed by atoms with van der Waals surface area (Å²) in [5.74, 6) is -45.8. The lowest BCUT2D eigenvalue weighted by Gasteiger charge is -2.76. The molecule has 0 aromatic carbocycles. The van der Waals surface area contributed by atoms with Crippen molar-refractivity contribution in [1.82, 2.24) is 0 Å². The highest BCUT2D eigenvalue weighted by Gasteiger charge is 3.23. The molecule has 0 amide bonds. The summed E-state index contributed by atoms with van der Waals surface area (Å²) in [6.07, 6.45) is -5.58. The normalized spacial score (nSPS) is 43.8. The van der Waals surface area contributed by atoms with Crippen LogP contribution in [0.5, 0.6) is 0 Å². The molecule has 20 heteroatoms. The fraction of sp³-hybridized carbons (Fsp3) is 1.00. The van der Waals surface area contributed by atoms with E-state index in [2.05, 4.69) is 9.47 Å². The lowest BCUT2D eigenvalue weighted by molar-refractivity contribution is -0.630. The summed E-state index contributed by atoms with van der Waals surface area (Å²) in [5.41, 5.74) is -29.2. The van der Waals surface area contributed by atoms with E-state index in [9.17, 15) is 8.78 Å². The van der Waals surface area contributed by atoms with Crippen LogP contribution in [0.1, 0.15) is 0 Å². The van der Waals surface area contributed by atoms with Gasteiger partial charge in [0.1, 0.15) is 12.2 Å². The summed E-state index contributed by atoms with van der Waals surface area (Å²) < 4.78 is 218. The Morgan fingerprint density at radius 1 is 0.444 bits per heavy atom. The molecule has 6 nitrogen and oxygen atoms in total. The topological polar surface area (TPSA) is 99.4 Å². The van der Waals surface area contributed by atoms with Crippen molar-refractivity contribution < 1.29 is 91.4 Å². The first-order chi connectivity index (χ1) is 15.9. The molecule has 0 aromatic rings. The Bertz CT molecular complexity index is 810. The first kappa shape index (κ1) is 29.3. The van der Waals surface area contributed by atoms with Crippen molar-refractivity contribution in [3.8, 4) is 0 Å². The van der Waals surface area contributed by atoms with E-state index >= 15 is 52.7 Å². The molecule has 0 saturated heterocycles. The van der Waals surface area contributed by atoms with Gasteiger partial charge in [0.15, 0.2) is 0 Å².